The smallest absolute Gasteiger partial charge is 0.416 e. The lowest BCUT2D eigenvalue weighted by atomic mass is 10.1. The van der Waals surface area contributed by atoms with Crippen molar-refractivity contribution in [3.05, 3.63) is 32.9 Å². The third-order valence-corrected chi connectivity index (χ3v) is 4.43. The SMILES string of the molecule is O=C(O)CC1SC(=NN=Cc2cc(I)cc(C(F)(F)F)c2)NC1=O. The van der Waals surface area contributed by atoms with Crippen molar-refractivity contribution in [3.63, 3.8) is 0 Å². The van der Waals surface area contributed by atoms with Crippen LogP contribution in [0.25, 0.3) is 0 Å². The highest BCUT2D eigenvalue weighted by molar-refractivity contribution is 14.1. The lowest BCUT2D eigenvalue weighted by Gasteiger charge is -2.07. The first kappa shape index (κ1) is 18.7. The second kappa shape index (κ2) is 7.51. The maximum absolute atomic E-state index is 12.7. The predicted molar refractivity (Wildman–Crippen MR) is 91.0 cm³/mol. The molecule has 1 aromatic carbocycles. The minimum Gasteiger partial charge on any atom is -0.481 e. The van der Waals surface area contributed by atoms with E-state index >= 15 is 0 Å². The van der Waals surface area contributed by atoms with Crippen LogP contribution in [0.3, 0.4) is 0 Å². The van der Waals surface area contributed by atoms with Crippen LogP contribution in [0, 0.1) is 3.57 Å². The van der Waals surface area contributed by atoms with Gasteiger partial charge < -0.3 is 10.4 Å². The van der Waals surface area contributed by atoms with Gasteiger partial charge in [0, 0.05) is 3.57 Å². The second-order valence-corrected chi connectivity index (χ2v) is 7.05. The molecule has 11 heteroatoms. The summed E-state index contributed by atoms with van der Waals surface area (Å²) in [6, 6.07) is 3.43. The fourth-order valence-electron chi connectivity index (χ4n) is 1.74. The number of carbonyl (C=O) groups is 2. The molecule has 1 unspecified atom stereocenters. The summed E-state index contributed by atoms with van der Waals surface area (Å²) < 4.78 is 38.6. The maximum Gasteiger partial charge on any atom is 0.416 e. The summed E-state index contributed by atoms with van der Waals surface area (Å²) in [7, 11) is 0. The molecule has 0 radical (unpaired) electrons. The molecule has 2 rings (SSSR count). The van der Waals surface area contributed by atoms with Crippen molar-refractivity contribution >= 4 is 57.6 Å². The molecule has 24 heavy (non-hydrogen) atoms. The molecule has 0 saturated carbocycles. The van der Waals surface area contributed by atoms with Gasteiger partial charge in [0.25, 0.3) is 0 Å². The summed E-state index contributed by atoms with van der Waals surface area (Å²) >= 11 is 2.67. The van der Waals surface area contributed by atoms with Gasteiger partial charge in [-0.15, -0.1) is 5.10 Å². The van der Waals surface area contributed by atoms with Crippen LogP contribution in [0.2, 0.25) is 0 Å². The number of nitrogens with one attached hydrogen (secondary N) is 1. The zero-order valence-corrected chi connectivity index (χ0v) is 14.6. The number of hydrogen-bond acceptors (Lipinski definition) is 5. The molecule has 1 atom stereocenters. The van der Waals surface area contributed by atoms with Crippen molar-refractivity contribution in [2.75, 3.05) is 0 Å². The normalized spacial score (nSPS) is 19.9. The van der Waals surface area contributed by atoms with Crippen molar-refractivity contribution in [3.8, 4) is 0 Å². The highest BCUT2D eigenvalue weighted by atomic mass is 127. The average molecular weight is 471 g/mol. The quantitative estimate of drug-likeness (QED) is 0.402. The van der Waals surface area contributed by atoms with Crippen molar-refractivity contribution in [2.24, 2.45) is 10.2 Å². The van der Waals surface area contributed by atoms with E-state index < -0.39 is 28.9 Å². The molecule has 0 aliphatic carbocycles. The topological polar surface area (TPSA) is 91.1 Å². The number of rotatable bonds is 4. The van der Waals surface area contributed by atoms with Gasteiger partial charge >= 0.3 is 12.1 Å². The third kappa shape index (κ3) is 5.19. The van der Waals surface area contributed by atoms with Crippen LogP contribution >= 0.6 is 34.4 Å². The zero-order chi connectivity index (χ0) is 17.9. The largest absolute Gasteiger partial charge is 0.481 e. The van der Waals surface area contributed by atoms with E-state index in [9.17, 15) is 22.8 Å². The fourth-order valence-corrected chi connectivity index (χ4v) is 3.35. The summed E-state index contributed by atoms with van der Waals surface area (Å²) in [4.78, 5) is 22.1. The Morgan fingerprint density at radius 1 is 1.42 bits per heavy atom. The zero-order valence-electron chi connectivity index (χ0n) is 11.7. The molecule has 1 heterocycles. The van der Waals surface area contributed by atoms with Gasteiger partial charge in [0.15, 0.2) is 5.17 Å². The number of carboxylic acid groups (broad SMARTS) is 1. The summed E-state index contributed by atoms with van der Waals surface area (Å²) in [5.41, 5.74) is -0.594. The molecular weight excluding hydrogens is 462 g/mol. The van der Waals surface area contributed by atoms with E-state index in [1.807, 2.05) is 0 Å². The van der Waals surface area contributed by atoms with Crippen molar-refractivity contribution in [1.82, 2.24) is 5.32 Å². The number of thioether (sulfide) groups is 1. The van der Waals surface area contributed by atoms with Crippen LogP contribution in [0.4, 0.5) is 13.2 Å². The molecule has 2 N–H and O–H groups in total. The number of nitrogens with zero attached hydrogens (tertiary/aromatic N) is 2. The highest BCUT2D eigenvalue weighted by Crippen LogP contribution is 2.30. The number of alkyl halides is 3. The molecule has 6 nitrogen and oxygen atoms in total. The number of carboxylic acids is 1. The van der Waals surface area contributed by atoms with E-state index in [0.717, 1.165) is 30.1 Å². The van der Waals surface area contributed by atoms with E-state index in [4.69, 9.17) is 5.11 Å². The van der Waals surface area contributed by atoms with Crippen LogP contribution in [-0.4, -0.2) is 33.6 Å². The Hall–Kier alpha value is -1.63. The average Bonchev–Trinajstić information content (AvgIpc) is 2.77. The number of benzene rings is 1. The summed E-state index contributed by atoms with van der Waals surface area (Å²) in [5, 5.41) is 17.7. The lowest BCUT2D eigenvalue weighted by Crippen LogP contribution is -2.26. The second-order valence-electron chi connectivity index (χ2n) is 4.61. The predicted octanol–water partition coefficient (Wildman–Crippen LogP) is 2.71. The Bertz CT molecular complexity index is 737. The molecule has 0 aromatic heterocycles. The van der Waals surface area contributed by atoms with E-state index in [1.54, 1.807) is 22.6 Å². The van der Waals surface area contributed by atoms with E-state index in [2.05, 4.69) is 15.5 Å². The number of halogens is 4. The Morgan fingerprint density at radius 3 is 2.75 bits per heavy atom. The first-order valence-electron chi connectivity index (χ1n) is 6.33. The molecule has 0 spiro atoms. The number of amidine groups is 1. The van der Waals surface area contributed by atoms with Gasteiger partial charge in [0.05, 0.1) is 18.2 Å². The molecule has 0 bridgehead atoms. The van der Waals surface area contributed by atoms with Crippen LogP contribution in [-0.2, 0) is 15.8 Å². The van der Waals surface area contributed by atoms with Gasteiger partial charge in [-0.1, -0.05) is 11.8 Å². The minimum absolute atomic E-state index is 0.101. The van der Waals surface area contributed by atoms with Gasteiger partial charge in [-0.25, -0.2) is 0 Å². The monoisotopic (exact) mass is 471 g/mol. The van der Waals surface area contributed by atoms with Crippen LogP contribution in [0.1, 0.15) is 17.5 Å². The van der Waals surface area contributed by atoms with Crippen molar-refractivity contribution in [1.29, 1.82) is 0 Å². The van der Waals surface area contributed by atoms with E-state index in [1.165, 1.54) is 6.07 Å². The van der Waals surface area contributed by atoms with Crippen molar-refractivity contribution in [2.45, 2.75) is 17.8 Å². The minimum atomic E-state index is -4.46. The fraction of sp³-hybridized carbons (Fsp3) is 0.231. The first-order valence-corrected chi connectivity index (χ1v) is 8.29. The number of hydrogen-bond donors (Lipinski definition) is 2. The molecule has 1 aromatic rings. The Morgan fingerprint density at radius 2 is 2.12 bits per heavy atom. The van der Waals surface area contributed by atoms with Crippen LogP contribution < -0.4 is 5.32 Å². The van der Waals surface area contributed by atoms with Gasteiger partial charge in [-0.2, -0.15) is 18.3 Å². The molecule has 1 aliphatic heterocycles. The maximum atomic E-state index is 12.7. The van der Waals surface area contributed by atoms with Crippen LogP contribution in [0.15, 0.2) is 28.4 Å². The number of carbonyl (C=O) groups excluding carboxylic acids is 1. The molecule has 1 amide bonds. The van der Waals surface area contributed by atoms with Crippen LogP contribution in [0.5, 0.6) is 0 Å². The summed E-state index contributed by atoms with van der Waals surface area (Å²) in [5.74, 6) is -1.61. The molecule has 1 fully saturated rings. The van der Waals surface area contributed by atoms with Gasteiger partial charge in [-0.05, 0) is 46.4 Å². The highest BCUT2D eigenvalue weighted by Gasteiger charge is 2.32. The lowest BCUT2D eigenvalue weighted by molar-refractivity contribution is -0.138. The van der Waals surface area contributed by atoms with Gasteiger partial charge in [0.2, 0.25) is 5.91 Å². The third-order valence-electron chi connectivity index (χ3n) is 2.74. The Labute approximate surface area is 151 Å². The molecule has 1 aliphatic rings. The first-order chi connectivity index (χ1) is 11.1. The van der Waals surface area contributed by atoms with E-state index in [-0.39, 0.29) is 17.2 Å². The molecule has 128 valence electrons. The number of aliphatic carboxylic acids is 1. The Kier molecular flexibility index (Phi) is 5.85. The summed E-state index contributed by atoms with van der Waals surface area (Å²) in [6.45, 7) is 0. The summed E-state index contributed by atoms with van der Waals surface area (Å²) in [6.07, 6.45) is -3.69. The standard InChI is InChI=1S/C13H9F3IN3O3S/c14-13(15,16)7-1-6(2-8(17)3-7)5-18-20-12-19-11(23)9(24-12)4-10(21)22/h1-3,5,9H,4H2,(H,21,22)(H,19,20,23). The van der Waals surface area contributed by atoms with Gasteiger partial charge in [-0.3, -0.25) is 9.59 Å². The van der Waals surface area contributed by atoms with E-state index in [0.29, 0.717) is 3.57 Å². The molecular formula is C13H9F3IN3O3S. The van der Waals surface area contributed by atoms with Crippen molar-refractivity contribution < 1.29 is 27.9 Å². The number of amides is 1. The van der Waals surface area contributed by atoms with Gasteiger partial charge in [0.1, 0.15) is 5.25 Å². The molecule has 1 saturated heterocycles. The Balaban J connectivity index is 2.11.